The van der Waals surface area contributed by atoms with Crippen LogP contribution in [0.1, 0.15) is 33.3 Å². The van der Waals surface area contributed by atoms with Gasteiger partial charge >= 0.3 is 7.12 Å². The van der Waals surface area contributed by atoms with Crippen LogP contribution < -0.4 is 5.46 Å². The van der Waals surface area contributed by atoms with E-state index in [9.17, 15) is 5.11 Å². The molecule has 4 nitrogen and oxygen atoms in total. The minimum atomic E-state index is -0.650. The van der Waals surface area contributed by atoms with E-state index in [1.807, 2.05) is 33.8 Å². The van der Waals surface area contributed by atoms with Crippen molar-refractivity contribution in [1.29, 1.82) is 5.26 Å². The summed E-state index contributed by atoms with van der Waals surface area (Å²) in [5.74, 6) is 0.0764. The molecule has 0 amide bonds. The van der Waals surface area contributed by atoms with Gasteiger partial charge in [0.2, 0.25) is 0 Å². The topological polar surface area (TPSA) is 62.5 Å². The summed E-state index contributed by atoms with van der Waals surface area (Å²) < 4.78 is 11.7. The average Bonchev–Trinajstić information content (AvgIpc) is 2.48. The monoisotopic (exact) mass is 245 g/mol. The molecule has 94 valence electrons. The Bertz CT molecular complexity index is 503. The van der Waals surface area contributed by atoms with Crippen LogP contribution in [0.15, 0.2) is 18.2 Å². The van der Waals surface area contributed by atoms with Gasteiger partial charge in [-0.1, -0.05) is 0 Å². The Hall–Kier alpha value is -1.51. The number of hydrogen-bond acceptors (Lipinski definition) is 4. The first kappa shape index (κ1) is 12.9. The molecule has 1 aromatic rings. The second-order valence-electron chi connectivity index (χ2n) is 5.47. The zero-order valence-corrected chi connectivity index (χ0v) is 11.0. The zero-order valence-electron chi connectivity index (χ0n) is 11.0. The van der Waals surface area contributed by atoms with Gasteiger partial charge in [0.15, 0.2) is 0 Å². The normalized spacial score (nSPS) is 20.7. The molecule has 5 heteroatoms. The molecule has 1 saturated heterocycles. The lowest BCUT2D eigenvalue weighted by molar-refractivity contribution is 0.00578. The number of nitrogens with zero attached hydrogens (tertiary/aromatic N) is 1. The standard InChI is InChI=1S/C13H16BNO3/c1-12(2)13(3,4)18-14(17-12)10-7-9(8-15)5-6-11(10)16/h5-7,16H,1-4H3. The van der Waals surface area contributed by atoms with Crippen LogP contribution >= 0.6 is 0 Å². The predicted octanol–water partition coefficient (Wildman–Crippen LogP) is 1.56. The molecule has 1 aliphatic heterocycles. The number of phenols is 1. The number of hydrogen-bond donors (Lipinski definition) is 1. The number of nitriles is 1. The van der Waals surface area contributed by atoms with E-state index in [4.69, 9.17) is 14.6 Å². The fraction of sp³-hybridized carbons (Fsp3) is 0.462. The van der Waals surface area contributed by atoms with Crippen molar-refractivity contribution in [2.24, 2.45) is 0 Å². The van der Waals surface area contributed by atoms with E-state index >= 15 is 0 Å². The molecule has 0 aliphatic carbocycles. The fourth-order valence-corrected chi connectivity index (χ4v) is 1.78. The molecule has 0 bridgehead atoms. The first-order chi connectivity index (χ1) is 8.27. The quantitative estimate of drug-likeness (QED) is 0.762. The van der Waals surface area contributed by atoms with Crippen molar-refractivity contribution in [2.45, 2.75) is 38.9 Å². The summed E-state index contributed by atoms with van der Waals surface area (Å²) in [5.41, 5.74) is 0.0321. The summed E-state index contributed by atoms with van der Waals surface area (Å²) in [4.78, 5) is 0. The molecule has 0 spiro atoms. The molecule has 1 N–H and O–H groups in total. The minimum Gasteiger partial charge on any atom is -0.508 e. The molecule has 2 rings (SSSR count). The first-order valence-corrected chi connectivity index (χ1v) is 5.85. The second-order valence-corrected chi connectivity index (χ2v) is 5.47. The molecule has 1 aromatic carbocycles. The Morgan fingerprint density at radius 1 is 1.17 bits per heavy atom. The van der Waals surface area contributed by atoms with Gasteiger partial charge in [0.1, 0.15) is 5.75 Å². The first-order valence-electron chi connectivity index (χ1n) is 5.85. The predicted molar refractivity (Wildman–Crippen MR) is 68.5 cm³/mol. The lowest BCUT2D eigenvalue weighted by atomic mass is 9.77. The lowest BCUT2D eigenvalue weighted by Gasteiger charge is -2.32. The maximum atomic E-state index is 9.86. The largest absolute Gasteiger partial charge is 0.508 e. The fourth-order valence-electron chi connectivity index (χ4n) is 1.78. The lowest BCUT2D eigenvalue weighted by Crippen LogP contribution is -2.41. The van der Waals surface area contributed by atoms with Crippen LogP contribution in [-0.2, 0) is 9.31 Å². The van der Waals surface area contributed by atoms with Gasteiger partial charge in [-0.3, -0.25) is 0 Å². The van der Waals surface area contributed by atoms with Gasteiger partial charge in [-0.05, 0) is 45.9 Å². The Morgan fingerprint density at radius 3 is 2.22 bits per heavy atom. The number of aromatic hydroxyl groups is 1. The van der Waals surface area contributed by atoms with Crippen molar-refractivity contribution in [3.05, 3.63) is 23.8 Å². The highest BCUT2D eigenvalue weighted by Crippen LogP contribution is 2.37. The van der Waals surface area contributed by atoms with Crippen molar-refractivity contribution in [3.8, 4) is 11.8 Å². The highest BCUT2D eigenvalue weighted by molar-refractivity contribution is 6.63. The van der Waals surface area contributed by atoms with E-state index in [2.05, 4.69) is 0 Å². The molecule has 0 saturated carbocycles. The maximum Gasteiger partial charge on any atom is 0.498 e. The summed E-state index contributed by atoms with van der Waals surface area (Å²) >= 11 is 0. The van der Waals surface area contributed by atoms with Crippen molar-refractivity contribution in [1.82, 2.24) is 0 Å². The van der Waals surface area contributed by atoms with Crippen LogP contribution in [0.25, 0.3) is 0 Å². The Labute approximate surface area is 107 Å². The zero-order chi connectivity index (χ0) is 13.6. The van der Waals surface area contributed by atoms with E-state index in [0.29, 0.717) is 11.0 Å². The highest BCUT2D eigenvalue weighted by atomic mass is 16.7. The van der Waals surface area contributed by atoms with Crippen LogP contribution in [0.5, 0.6) is 5.75 Å². The van der Waals surface area contributed by atoms with Gasteiger partial charge < -0.3 is 14.4 Å². The summed E-state index contributed by atoms with van der Waals surface area (Å²) in [7, 11) is -0.650. The third-order valence-corrected chi connectivity index (χ3v) is 3.66. The van der Waals surface area contributed by atoms with E-state index < -0.39 is 18.3 Å². The SMILES string of the molecule is CC1(C)OB(c2cc(C#N)ccc2O)OC1(C)C. The Morgan fingerprint density at radius 2 is 1.72 bits per heavy atom. The van der Waals surface area contributed by atoms with Crippen molar-refractivity contribution < 1.29 is 14.4 Å². The van der Waals surface area contributed by atoms with Gasteiger partial charge in [0.05, 0.1) is 22.8 Å². The molecular weight excluding hydrogens is 229 g/mol. The summed E-state index contributed by atoms with van der Waals surface area (Å²) in [6.45, 7) is 7.77. The average molecular weight is 245 g/mol. The highest BCUT2D eigenvalue weighted by Gasteiger charge is 2.52. The van der Waals surface area contributed by atoms with Crippen LogP contribution in [0, 0.1) is 11.3 Å². The second kappa shape index (κ2) is 4.01. The van der Waals surface area contributed by atoms with Gasteiger partial charge in [-0.2, -0.15) is 5.26 Å². The summed E-state index contributed by atoms with van der Waals surface area (Å²) in [5, 5.41) is 18.7. The van der Waals surface area contributed by atoms with E-state index in [0.717, 1.165) is 0 Å². The van der Waals surface area contributed by atoms with Crippen LogP contribution in [0.4, 0.5) is 0 Å². The molecular formula is C13H16BNO3. The van der Waals surface area contributed by atoms with Crippen molar-refractivity contribution >= 4 is 12.6 Å². The van der Waals surface area contributed by atoms with E-state index in [1.54, 1.807) is 12.1 Å². The molecule has 1 aliphatic rings. The smallest absolute Gasteiger partial charge is 0.498 e. The molecule has 0 radical (unpaired) electrons. The third-order valence-electron chi connectivity index (χ3n) is 3.66. The number of rotatable bonds is 1. The third kappa shape index (κ3) is 1.98. The van der Waals surface area contributed by atoms with Gasteiger partial charge in [0, 0.05) is 5.46 Å². The van der Waals surface area contributed by atoms with E-state index in [-0.39, 0.29) is 5.75 Å². The summed E-state index contributed by atoms with van der Waals surface area (Å²) in [6.07, 6.45) is 0. The van der Waals surface area contributed by atoms with E-state index in [1.165, 1.54) is 6.07 Å². The molecule has 1 fully saturated rings. The van der Waals surface area contributed by atoms with Crippen LogP contribution in [-0.4, -0.2) is 23.4 Å². The molecule has 0 aromatic heterocycles. The molecule has 0 unspecified atom stereocenters. The van der Waals surface area contributed by atoms with Gasteiger partial charge in [-0.15, -0.1) is 0 Å². The molecule has 0 atom stereocenters. The van der Waals surface area contributed by atoms with Crippen molar-refractivity contribution in [3.63, 3.8) is 0 Å². The summed E-state index contributed by atoms with van der Waals surface area (Å²) in [6, 6.07) is 6.68. The number of benzene rings is 1. The Balaban J connectivity index is 2.38. The van der Waals surface area contributed by atoms with Crippen molar-refractivity contribution in [2.75, 3.05) is 0 Å². The van der Waals surface area contributed by atoms with Crippen LogP contribution in [0.2, 0.25) is 0 Å². The minimum absolute atomic E-state index is 0.0764. The number of phenolic OH excluding ortho intramolecular Hbond substituents is 1. The molecule has 18 heavy (non-hydrogen) atoms. The molecule has 1 heterocycles. The maximum absolute atomic E-state index is 9.86. The Kier molecular flexibility index (Phi) is 2.88. The van der Waals surface area contributed by atoms with Crippen LogP contribution in [0.3, 0.4) is 0 Å². The van der Waals surface area contributed by atoms with Gasteiger partial charge in [0.25, 0.3) is 0 Å². The van der Waals surface area contributed by atoms with Gasteiger partial charge in [-0.25, -0.2) is 0 Å².